The van der Waals surface area contributed by atoms with E-state index in [0.29, 0.717) is 21.7 Å². The number of fused-ring (bicyclic) bond motifs is 1. The Morgan fingerprint density at radius 2 is 2.00 bits per heavy atom. The Kier molecular flexibility index (Phi) is 2.59. The fourth-order valence-corrected chi connectivity index (χ4v) is 1.78. The summed E-state index contributed by atoms with van der Waals surface area (Å²) in [5.41, 5.74) is 0.246. The predicted octanol–water partition coefficient (Wildman–Crippen LogP) is 2.84. The van der Waals surface area contributed by atoms with E-state index in [-0.39, 0.29) is 10.5 Å². The maximum Gasteiger partial charge on any atom is 0.211 e. The van der Waals surface area contributed by atoms with Crippen molar-refractivity contribution in [1.82, 2.24) is 4.98 Å². The number of aromatic nitrogens is 1. The van der Waals surface area contributed by atoms with E-state index in [1.807, 2.05) is 0 Å². The number of H-pyrrole nitrogens is 1. The molecule has 1 aromatic heterocycles. The van der Waals surface area contributed by atoms with Crippen LogP contribution in [0.1, 0.15) is 0 Å². The summed E-state index contributed by atoms with van der Waals surface area (Å²) >= 11 is 11.7. The van der Waals surface area contributed by atoms with Crippen molar-refractivity contribution < 1.29 is 4.74 Å². The van der Waals surface area contributed by atoms with Gasteiger partial charge in [0.25, 0.3) is 0 Å². The first-order valence-electron chi connectivity index (χ1n) is 4.18. The van der Waals surface area contributed by atoms with Gasteiger partial charge in [-0.3, -0.25) is 4.79 Å². The van der Waals surface area contributed by atoms with Gasteiger partial charge in [0.05, 0.1) is 23.0 Å². The first-order chi connectivity index (χ1) is 7.15. The van der Waals surface area contributed by atoms with Gasteiger partial charge < -0.3 is 9.72 Å². The molecule has 0 unspecified atom stereocenters. The van der Waals surface area contributed by atoms with E-state index in [4.69, 9.17) is 27.9 Å². The van der Waals surface area contributed by atoms with Crippen LogP contribution < -0.4 is 10.2 Å². The molecule has 2 aromatic rings. The molecule has 1 N–H and O–H groups in total. The molecule has 15 heavy (non-hydrogen) atoms. The van der Waals surface area contributed by atoms with Crippen LogP contribution in [0.4, 0.5) is 0 Å². The van der Waals surface area contributed by atoms with Crippen LogP contribution >= 0.6 is 23.2 Å². The minimum absolute atomic E-state index is 0.114. The topological polar surface area (TPSA) is 42.1 Å². The first kappa shape index (κ1) is 10.3. The summed E-state index contributed by atoms with van der Waals surface area (Å²) in [6.45, 7) is 0. The maximum atomic E-state index is 11.8. The Morgan fingerprint density at radius 3 is 2.67 bits per heavy atom. The number of ether oxygens (including phenoxy) is 1. The molecule has 0 saturated carbocycles. The van der Waals surface area contributed by atoms with Crippen molar-refractivity contribution in [2.45, 2.75) is 0 Å². The highest BCUT2D eigenvalue weighted by Crippen LogP contribution is 2.28. The van der Waals surface area contributed by atoms with Gasteiger partial charge in [-0.25, -0.2) is 0 Å². The van der Waals surface area contributed by atoms with Crippen molar-refractivity contribution in [2.24, 2.45) is 0 Å². The smallest absolute Gasteiger partial charge is 0.211 e. The lowest BCUT2D eigenvalue weighted by atomic mass is 10.2. The fourth-order valence-electron chi connectivity index (χ4n) is 1.42. The van der Waals surface area contributed by atoms with E-state index < -0.39 is 0 Å². The third-order valence-corrected chi connectivity index (χ3v) is 2.72. The zero-order chi connectivity index (χ0) is 11.0. The van der Waals surface area contributed by atoms with Gasteiger partial charge in [-0.05, 0) is 12.1 Å². The molecule has 0 amide bonds. The van der Waals surface area contributed by atoms with Crippen LogP contribution in [0.5, 0.6) is 5.75 Å². The van der Waals surface area contributed by atoms with Crippen LogP contribution in [0, 0.1) is 0 Å². The summed E-state index contributed by atoms with van der Waals surface area (Å²) in [5, 5.41) is 0.945. The van der Waals surface area contributed by atoms with Crippen LogP contribution in [-0.4, -0.2) is 12.1 Å². The molecule has 5 heteroatoms. The van der Waals surface area contributed by atoms with Crippen molar-refractivity contribution in [2.75, 3.05) is 7.11 Å². The molecule has 0 bridgehead atoms. The van der Waals surface area contributed by atoms with Crippen LogP contribution in [0.25, 0.3) is 10.9 Å². The second-order valence-electron chi connectivity index (χ2n) is 2.97. The summed E-state index contributed by atoms with van der Waals surface area (Å²) < 4.78 is 5.08. The van der Waals surface area contributed by atoms with Gasteiger partial charge in [-0.2, -0.15) is 0 Å². The van der Waals surface area contributed by atoms with E-state index >= 15 is 0 Å². The Morgan fingerprint density at radius 1 is 1.27 bits per heavy atom. The lowest BCUT2D eigenvalue weighted by molar-refractivity contribution is 0.419. The summed E-state index contributed by atoms with van der Waals surface area (Å²) in [6, 6.07) is 3.29. The molecule has 0 saturated heterocycles. The number of hydrogen-bond acceptors (Lipinski definition) is 2. The van der Waals surface area contributed by atoms with E-state index in [1.54, 1.807) is 12.1 Å². The fraction of sp³-hybridized carbons (Fsp3) is 0.100. The van der Waals surface area contributed by atoms with E-state index in [0.717, 1.165) is 0 Å². The van der Waals surface area contributed by atoms with E-state index in [2.05, 4.69) is 4.98 Å². The number of halogens is 2. The molecule has 0 aliphatic rings. The minimum atomic E-state index is -0.287. The number of benzene rings is 1. The van der Waals surface area contributed by atoms with Gasteiger partial charge >= 0.3 is 0 Å². The molecule has 0 fully saturated rings. The quantitative estimate of drug-likeness (QED) is 0.837. The molecule has 1 aromatic carbocycles. The van der Waals surface area contributed by atoms with E-state index in [9.17, 15) is 4.79 Å². The number of nitrogens with one attached hydrogen (secondary N) is 1. The molecule has 0 atom stereocenters. The van der Waals surface area contributed by atoms with Crippen molar-refractivity contribution in [3.8, 4) is 5.75 Å². The van der Waals surface area contributed by atoms with Gasteiger partial charge in [-0.1, -0.05) is 23.2 Å². The molecule has 1 heterocycles. The molecule has 3 nitrogen and oxygen atoms in total. The van der Waals surface area contributed by atoms with Gasteiger partial charge in [0.1, 0.15) is 10.8 Å². The van der Waals surface area contributed by atoms with Crippen molar-refractivity contribution in [3.63, 3.8) is 0 Å². The number of hydrogen-bond donors (Lipinski definition) is 1. The average molecular weight is 244 g/mol. The van der Waals surface area contributed by atoms with E-state index in [1.165, 1.54) is 13.3 Å². The number of methoxy groups -OCH3 is 1. The zero-order valence-corrected chi connectivity index (χ0v) is 9.32. The van der Waals surface area contributed by atoms with Crippen LogP contribution in [0.15, 0.2) is 23.1 Å². The summed E-state index contributed by atoms with van der Waals surface area (Å²) in [4.78, 5) is 14.6. The Balaban J connectivity index is 3.02. The second kappa shape index (κ2) is 3.76. The summed E-state index contributed by atoms with van der Waals surface area (Å²) in [5.74, 6) is 0.457. The van der Waals surface area contributed by atoms with Crippen molar-refractivity contribution >= 4 is 34.1 Å². The lowest BCUT2D eigenvalue weighted by Gasteiger charge is -2.06. The third-order valence-electron chi connectivity index (χ3n) is 2.12. The van der Waals surface area contributed by atoms with Crippen molar-refractivity contribution in [1.29, 1.82) is 0 Å². The average Bonchev–Trinajstić information content (AvgIpc) is 2.24. The Hall–Kier alpha value is -1.19. The number of aromatic amines is 1. The van der Waals surface area contributed by atoms with Gasteiger partial charge in [0, 0.05) is 6.20 Å². The highest BCUT2D eigenvalue weighted by Gasteiger charge is 2.11. The van der Waals surface area contributed by atoms with Crippen molar-refractivity contribution in [3.05, 3.63) is 38.6 Å². The molecular formula is C10H7Cl2NO2. The Bertz CT molecular complexity index is 577. The SMILES string of the molecule is COc1ccc(Cl)c2[nH]cc(Cl)c(=O)c12. The molecule has 0 aliphatic heterocycles. The predicted molar refractivity (Wildman–Crippen MR) is 61.1 cm³/mol. The van der Waals surface area contributed by atoms with Crippen LogP contribution in [-0.2, 0) is 0 Å². The standard InChI is InChI=1S/C10H7Cl2NO2/c1-15-7-3-2-5(11)9-8(7)10(14)6(12)4-13-9/h2-4H,1H3,(H,13,14). The highest BCUT2D eigenvalue weighted by atomic mass is 35.5. The number of pyridine rings is 1. The van der Waals surface area contributed by atoms with Gasteiger partial charge in [-0.15, -0.1) is 0 Å². The molecule has 0 spiro atoms. The summed E-state index contributed by atoms with van der Waals surface area (Å²) in [7, 11) is 1.49. The maximum absolute atomic E-state index is 11.8. The normalized spacial score (nSPS) is 10.6. The monoisotopic (exact) mass is 243 g/mol. The lowest BCUT2D eigenvalue weighted by Crippen LogP contribution is -2.05. The van der Waals surface area contributed by atoms with Crippen LogP contribution in [0.3, 0.4) is 0 Å². The molecule has 78 valence electrons. The third kappa shape index (κ3) is 1.58. The molecule has 0 aliphatic carbocycles. The molecule has 0 radical (unpaired) electrons. The second-order valence-corrected chi connectivity index (χ2v) is 3.78. The molecular weight excluding hydrogens is 237 g/mol. The van der Waals surface area contributed by atoms with Crippen LogP contribution in [0.2, 0.25) is 10.0 Å². The number of rotatable bonds is 1. The van der Waals surface area contributed by atoms with Gasteiger partial charge in [0.15, 0.2) is 0 Å². The highest BCUT2D eigenvalue weighted by molar-refractivity contribution is 6.36. The Labute approximate surface area is 95.6 Å². The zero-order valence-electron chi connectivity index (χ0n) is 7.80. The molecule has 2 rings (SSSR count). The first-order valence-corrected chi connectivity index (χ1v) is 4.94. The summed E-state index contributed by atoms with van der Waals surface area (Å²) in [6.07, 6.45) is 1.41. The van der Waals surface area contributed by atoms with Gasteiger partial charge in [0.2, 0.25) is 5.43 Å². The minimum Gasteiger partial charge on any atom is -0.496 e. The largest absolute Gasteiger partial charge is 0.496 e.